The minimum absolute atomic E-state index is 0.557. The number of para-hydroxylation sites is 1. The third-order valence-corrected chi connectivity index (χ3v) is 4.05. The molecule has 106 valence electrons. The Morgan fingerprint density at radius 3 is 2.76 bits per heavy atom. The summed E-state index contributed by atoms with van der Waals surface area (Å²) in [6.07, 6.45) is 0. The summed E-state index contributed by atoms with van der Waals surface area (Å²) in [5.74, 6) is 1.49. The van der Waals surface area contributed by atoms with Crippen LogP contribution >= 0.6 is 23.8 Å². The van der Waals surface area contributed by atoms with E-state index in [0.29, 0.717) is 23.0 Å². The summed E-state index contributed by atoms with van der Waals surface area (Å²) >= 11 is 11.6. The molecule has 0 spiro atoms. The third kappa shape index (κ3) is 2.01. The smallest absolute Gasteiger partial charge is 0.182 e. The molecular formula is C15H11ClN2O2S. The quantitative estimate of drug-likeness (QED) is 0.686. The number of aromatic amines is 1. The molecular weight excluding hydrogens is 308 g/mol. The Hall–Kier alpha value is -1.98. The van der Waals surface area contributed by atoms with E-state index in [2.05, 4.69) is 4.98 Å². The van der Waals surface area contributed by atoms with Gasteiger partial charge >= 0.3 is 0 Å². The van der Waals surface area contributed by atoms with Gasteiger partial charge in [0.25, 0.3) is 0 Å². The number of benzene rings is 2. The first-order chi connectivity index (χ1) is 10.2. The first kappa shape index (κ1) is 12.7. The summed E-state index contributed by atoms with van der Waals surface area (Å²) in [6.45, 7) is 1.13. The molecule has 0 fully saturated rings. The van der Waals surface area contributed by atoms with Crippen LogP contribution in [0.3, 0.4) is 0 Å². The van der Waals surface area contributed by atoms with Crippen molar-refractivity contribution in [2.24, 2.45) is 0 Å². The Bertz CT molecular complexity index is 900. The van der Waals surface area contributed by atoms with Crippen LogP contribution < -0.4 is 9.47 Å². The molecule has 6 heteroatoms. The molecule has 4 nitrogen and oxygen atoms in total. The fraction of sp³-hybridized carbons (Fsp3) is 0.133. The first-order valence-corrected chi connectivity index (χ1v) is 7.32. The number of fused-ring (bicyclic) bond motifs is 2. The molecule has 0 saturated heterocycles. The van der Waals surface area contributed by atoms with Crippen molar-refractivity contribution in [3.63, 3.8) is 0 Å². The number of H-pyrrole nitrogens is 1. The number of rotatable bonds is 1. The average molecular weight is 319 g/mol. The van der Waals surface area contributed by atoms with Crippen molar-refractivity contribution in [2.45, 2.75) is 0 Å². The van der Waals surface area contributed by atoms with E-state index in [1.165, 1.54) is 0 Å². The van der Waals surface area contributed by atoms with Gasteiger partial charge in [0, 0.05) is 6.07 Å². The number of nitrogens with zero attached hydrogens (tertiary/aromatic N) is 1. The molecule has 4 rings (SSSR count). The van der Waals surface area contributed by atoms with Gasteiger partial charge in [0.2, 0.25) is 0 Å². The molecule has 0 aliphatic carbocycles. The summed E-state index contributed by atoms with van der Waals surface area (Å²) in [4.78, 5) is 3.15. The first-order valence-electron chi connectivity index (χ1n) is 6.53. The predicted octanol–water partition coefficient (Wildman–Crippen LogP) is 4.11. The van der Waals surface area contributed by atoms with E-state index in [-0.39, 0.29) is 0 Å². The lowest BCUT2D eigenvalue weighted by molar-refractivity contribution is 0.171. The second-order valence-corrected chi connectivity index (χ2v) is 5.52. The van der Waals surface area contributed by atoms with Crippen LogP contribution in [-0.4, -0.2) is 22.8 Å². The van der Waals surface area contributed by atoms with Crippen molar-refractivity contribution in [2.75, 3.05) is 13.2 Å². The lowest BCUT2D eigenvalue weighted by Gasteiger charge is -2.19. The zero-order chi connectivity index (χ0) is 14.4. The monoisotopic (exact) mass is 318 g/mol. The number of nitrogens with one attached hydrogen (secondary N) is 1. The maximum absolute atomic E-state index is 6.21. The van der Waals surface area contributed by atoms with Crippen LogP contribution in [0.25, 0.3) is 16.7 Å². The molecule has 1 aliphatic heterocycles. The Morgan fingerprint density at radius 1 is 1.10 bits per heavy atom. The number of halogens is 1. The highest BCUT2D eigenvalue weighted by Crippen LogP contribution is 2.33. The van der Waals surface area contributed by atoms with E-state index in [4.69, 9.17) is 33.3 Å². The van der Waals surface area contributed by atoms with Crippen molar-refractivity contribution in [1.29, 1.82) is 0 Å². The Kier molecular flexibility index (Phi) is 2.90. The molecule has 0 amide bonds. The Labute approximate surface area is 130 Å². The summed E-state index contributed by atoms with van der Waals surface area (Å²) in [7, 11) is 0. The van der Waals surface area contributed by atoms with Gasteiger partial charge in [0.1, 0.15) is 13.2 Å². The molecule has 3 aromatic rings. The summed E-state index contributed by atoms with van der Waals surface area (Å²) < 4.78 is 13.7. The van der Waals surface area contributed by atoms with Gasteiger partial charge in [0.05, 0.1) is 21.7 Å². The van der Waals surface area contributed by atoms with Crippen LogP contribution in [0.2, 0.25) is 5.02 Å². The maximum Gasteiger partial charge on any atom is 0.182 e. The zero-order valence-corrected chi connectivity index (χ0v) is 12.5. The number of imidazole rings is 1. The highest BCUT2D eigenvalue weighted by atomic mass is 35.5. The minimum Gasteiger partial charge on any atom is -0.486 e. The molecule has 0 unspecified atom stereocenters. The van der Waals surface area contributed by atoms with Crippen LogP contribution in [0.15, 0.2) is 36.4 Å². The van der Waals surface area contributed by atoms with E-state index in [0.717, 1.165) is 28.2 Å². The molecule has 1 aromatic heterocycles. The van der Waals surface area contributed by atoms with Gasteiger partial charge in [-0.3, -0.25) is 4.57 Å². The lowest BCUT2D eigenvalue weighted by atomic mass is 10.2. The topological polar surface area (TPSA) is 39.2 Å². The number of hydrogen-bond donors (Lipinski definition) is 1. The molecule has 0 saturated carbocycles. The molecule has 0 atom stereocenters. The minimum atomic E-state index is 0.557. The van der Waals surface area contributed by atoms with Gasteiger partial charge in [-0.15, -0.1) is 0 Å². The predicted molar refractivity (Wildman–Crippen MR) is 84.5 cm³/mol. The van der Waals surface area contributed by atoms with Gasteiger partial charge < -0.3 is 14.5 Å². The van der Waals surface area contributed by atoms with Crippen LogP contribution in [-0.2, 0) is 0 Å². The average Bonchev–Trinajstić information content (AvgIpc) is 2.84. The van der Waals surface area contributed by atoms with Crippen molar-refractivity contribution < 1.29 is 9.47 Å². The maximum atomic E-state index is 6.21. The Morgan fingerprint density at radius 2 is 1.90 bits per heavy atom. The SMILES string of the molecule is S=c1[nH]c2c(Cl)cccc2n1-c1ccc2c(c1)OCCO2. The highest BCUT2D eigenvalue weighted by Gasteiger charge is 2.14. The van der Waals surface area contributed by atoms with Gasteiger partial charge in [-0.1, -0.05) is 17.7 Å². The Balaban J connectivity index is 1.96. The highest BCUT2D eigenvalue weighted by molar-refractivity contribution is 7.71. The van der Waals surface area contributed by atoms with E-state index in [1.807, 2.05) is 41.0 Å². The largest absolute Gasteiger partial charge is 0.486 e. The van der Waals surface area contributed by atoms with Gasteiger partial charge in [-0.2, -0.15) is 0 Å². The standard InChI is InChI=1S/C15H11ClN2O2S/c16-10-2-1-3-11-14(10)17-15(21)18(11)9-4-5-12-13(8-9)20-7-6-19-12/h1-5,8H,6-7H2,(H,17,21). The fourth-order valence-corrected chi connectivity index (χ4v) is 3.05. The summed E-state index contributed by atoms with van der Waals surface area (Å²) in [5.41, 5.74) is 2.68. The molecule has 0 bridgehead atoms. The van der Waals surface area contributed by atoms with Crippen molar-refractivity contribution in [3.8, 4) is 17.2 Å². The van der Waals surface area contributed by atoms with Crippen molar-refractivity contribution >= 4 is 34.9 Å². The van der Waals surface area contributed by atoms with E-state index in [1.54, 1.807) is 0 Å². The molecule has 0 radical (unpaired) electrons. The third-order valence-electron chi connectivity index (χ3n) is 3.45. The second-order valence-electron chi connectivity index (χ2n) is 4.73. The molecule has 2 aromatic carbocycles. The fourth-order valence-electron chi connectivity index (χ4n) is 2.52. The summed E-state index contributed by atoms with van der Waals surface area (Å²) in [6, 6.07) is 11.5. The van der Waals surface area contributed by atoms with E-state index < -0.39 is 0 Å². The van der Waals surface area contributed by atoms with Crippen molar-refractivity contribution in [3.05, 3.63) is 46.2 Å². The number of hydrogen-bond acceptors (Lipinski definition) is 3. The van der Waals surface area contributed by atoms with Gasteiger partial charge in [0.15, 0.2) is 16.3 Å². The summed E-state index contributed by atoms with van der Waals surface area (Å²) in [5, 5.41) is 0.648. The molecule has 1 N–H and O–H groups in total. The molecule has 21 heavy (non-hydrogen) atoms. The lowest BCUT2D eigenvalue weighted by Crippen LogP contribution is -2.15. The molecule has 2 heterocycles. The van der Waals surface area contributed by atoms with Gasteiger partial charge in [-0.05, 0) is 36.5 Å². The number of aromatic nitrogens is 2. The zero-order valence-electron chi connectivity index (χ0n) is 10.9. The van der Waals surface area contributed by atoms with Crippen LogP contribution in [0.1, 0.15) is 0 Å². The van der Waals surface area contributed by atoms with E-state index in [9.17, 15) is 0 Å². The van der Waals surface area contributed by atoms with Crippen LogP contribution in [0.5, 0.6) is 11.5 Å². The number of ether oxygens (including phenoxy) is 2. The normalized spacial score (nSPS) is 13.6. The van der Waals surface area contributed by atoms with Crippen LogP contribution in [0.4, 0.5) is 0 Å². The van der Waals surface area contributed by atoms with Gasteiger partial charge in [-0.25, -0.2) is 0 Å². The van der Waals surface area contributed by atoms with E-state index >= 15 is 0 Å². The molecule has 1 aliphatic rings. The van der Waals surface area contributed by atoms with Crippen molar-refractivity contribution in [1.82, 2.24) is 9.55 Å². The van der Waals surface area contributed by atoms with Crippen LogP contribution in [0, 0.1) is 4.77 Å². The second kappa shape index (κ2) is 4.79.